The van der Waals surface area contributed by atoms with Gasteiger partial charge in [0.15, 0.2) is 0 Å². The van der Waals surface area contributed by atoms with E-state index in [-0.39, 0.29) is 17.5 Å². The van der Waals surface area contributed by atoms with Gasteiger partial charge < -0.3 is 14.8 Å². The molecule has 0 spiro atoms. The number of amides is 1. The first kappa shape index (κ1) is 17.5. The number of halogens is 2. The van der Waals surface area contributed by atoms with Crippen LogP contribution in [-0.2, 0) is 0 Å². The molecule has 4 rings (SSSR count). The number of aromatic nitrogens is 1. The average molecular weight is 369 g/mol. The van der Waals surface area contributed by atoms with Crippen molar-refractivity contribution in [3.8, 4) is 0 Å². The van der Waals surface area contributed by atoms with E-state index in [1.807, 2.05) is 11.8 Å². The fourth-order valence-electron chi connectivity index (χ4n) is 3.69. The third-order valence-electron chi connectivity index (χ3n) is 5.11. The largest absolute Gasteiger partial charge is 0.370 e. The molecule has 6 heteroatoms. The molecule has 4 nitrogen and oxygen atoms in total. The number of hydrogen-bond donors (Lipinski definition) is 1. The van der Waals surface area contributed by atoms with E-state index in [0.29, 0.717) is 30.8 Å². The maximum Gasteiger partial charge on any atom is 0.270 e. The topological polar surface area (TPSA) is 39.3 Å². The molecule has 27 heavy (non-hydrogen) atoms. The molecule has 0 atom stereocenters. The zero-order valence-corrected chi connectivity index (χ0v) is 15.1. The van der Waals surface area contributed by atoms with Crippen molar-refractivity contribution in [2.24, 2.45) is 0 Å². The Hall–Kier alpha value is -2.89. The van der Waals surface area contributed by atoms with Gasteiger partial charge in [0, 0.05) is 42.8 Å². The number of fused-ring (bicyclic) bond motifs is 1. The van der Waals surface area contributed by atoms with E-state index < -0.39 is 0 Å². The lowest BCUT2D eigenvalue weighted by Crippen LogP contribution is -2.35. The normalized spacial score (nSPS) is 15.2. The van der Waals surface area contributed by atoms with E-state index in [1.165, 1.54) is 24.3 Å². The van der Waals surface area contributed by atoms with Gasteiger partial charge in [-0.3, -0.25) is 4.79 Å². The lowest BCUT2D eigenvalue weighted by molar-refractivity contribution is 0.0762. The van der Waals surface area contributed by atoms with E-state index in [2.05, 4.69) is 9.88 Å². The average Bonchev–Trinajstić information content (AvgIpc) is 2.92. The van der Waals surface area contributed by atoms with Crippen molar-refractivity contribution in [3.63, 3.8) is 0 Å². The van der Waals surface area contributed by atoms with Crippen LogP contribution in [0.3, 0.4) is 0 Å². The molecule has 0 unspecified atom stereocenters. The van der Waals surface area contributed by atoms with Gasteiger partial charge in [0.05, 0.1) is 0 Å². The molecule has 1 aliphatic heterocycles. The van der Waals surface area contributed by atoms with Crippen LogP contribution in [-0.4, -0.2) is 42.0 Å². The predicted octanol–water partition coefficient (Wildman–Crippen LogP) is 4.11. The van der Waals surface area contributed by atoms with E-state index in [0.717, 1.165) is 29.6 Å². The first-order valence-corrected chi connectivity index (χ1v) is 9.10. The summed E-state index contributed by atoms with van der Waals surface area (Å²) in [5, 5.41) is 0.863. The summed E-state index contributed by atoms with van der Waals surface area (Å²) in [6.45, 7) is 4.57. The molecule has 0 radical (unpaired) electrons. The van der Waals surface area contributed by atoms with Gasteiger partial charge in [-0.1, -0.05) is 0 Å². The van der Waals surface area contributed by atoms with Crippen molar-refractivity contribution >= 4 is 22.5 Å². The second-order valence-electron chi connectivity index (χ2n) is 6.98. The van der Waals surface area contributed by atoms with Crippen LogP contribution >= 0.6 is 0 Å². The van der Waals surface area contributed by atoms with Gasteiger partial charge in [0.2, 0.25) is 0 Å². The number of nitrogens with zero attached hydrogens (tertiary/aromatic N) is 2. The summed E-state index contributed by atoms with van der Waals surface area (Å²) in [6, 6.07) is 11.1. The zero-order valence-electron chi connectivity index (χ0n) is 15.1. The highest BCUT2D eigenvalue weighted by Crippen LogP contribution is 2.23. The van der Waals surface area contributed by atoms with Crippen LogP contribution in [0, 0.1) is 18.6 Å². The third kappa shape index (κ3) is 3.52. The van der Waals surface area contributed by atoms with E-state index >= 15 is 0 Å². The van der Waals surface area contributed by atoms with E-state index in [9.17, 15) is 13.6 Å². The van der Waals surface area contributed by atoms with Crippen molar-refractivity contribution in [2.45, 2.75) is 13.3 Å². The van der Waals surface area contributed by atoms with Crippen LogP contribution in [0.25, 0.3) is 10.9 Å². The molecule has 2 aromatic carbocycles. The van der Waals surface area contributed by atoms with Gasteiger partial charge in [-0.2, -0.15) is 0 Å². The van der Waals surface area contributed by atoms with Gasteiger partial charge in [-0.25, -0.2) is 8.78 Å². The number of aromatic amines is 1. The SMILES string of the molecule is Cc1cc(F)cc2[nH]c(C(=O)N3CCCN(c4ccc(F)cc4)CC3)cc12. The van der Waals surface area contributed by atoms with Crippen LogP contribution in [0.2, 0.25) is 0 Å². The molecule has 1 N–H and O–H groups in total. The van der Waals surface area contributed by atoms with Gasteiger partial charge in [0.25, 0.3) is 5.91 Å². The van der Waals surface area contributed by atoms with Crippen molar-refractivity contribution in [3.05, 3.63) is 65.4 Å². The van der Waals surface area contributed by atoms with E-state index in [4.69, 9.17) is 0 Å². The predicted molar refractivity (Wildman–Crippen MR) is 102 cm³/mol. The third-order valence-corrected chi connectivity index (χ3v) is 5.11. The highest BCUT2D eigenvalue weighted by Gasteiger charge is 2.22. The second kappa shape index (κ2) is 7.02. The first-order valence-electron chi connectivity index (χ1n) is 9.10. The number of carbonyl (C=O) groups excluding carboxylic acids is 1. The highest BCUT2D eigenvalue weighted by molar-refractivity contribution is 5.98. The highest BCUT2D eigenvalue weighted by atomic mass is 19.1. The van der Waals surface area contributed by atoms with Crippen LogP contribution in [0.5, 0.6) is 0 Å². The van der Waals surface area contributed by atoms with Crippen LogP contribution in [0.15, 0.2) is 42.5 Å². The minimum atomic E-state index is -0.314. The summed E-state index contributed by atoms with van der Waals surface area (Å²) < 4.78 is 26.7. The maximum absolute atomic E-state index is 13.6. The fraction of sp³-hybridized carbons (Fsp3) is 0.286. The minimum absolute atomic E-state index is 0.0769. The van der Waals surface area contributed by atoms with Crippen LogP contribution in [0.4, 0.5) is 14.5 Å². The Morgan fingerprint density at radius 2 is 1.74 bits per heavy atom. The fourth-order valence-corrected chi connectivity index (χ4v) is 3.69. The molecule has 1 amide bonds. The lowest BCUT2D eigenvalue weighted by Gasteiger charge is -2.23. The summed E-state index contributed by atoms with van der Waals surface area (Å²) in [4.78, 5) is 20.0. The maximum atomic E-state index is 13.6. The second-order valence-corrected chi connectivity index (χ2v) is 6.98. The molecule has 1 fully saturated rings. The van der Waals surface area contributed by atoms with Gasteiger partial charge in [0.1, 0.15) is 17.3 Å². The number of hydrogen-bond acceptors (Lipinski definition) is 2. The molecule has 2 heterocycles. The zero-order chi connectivity index (χ0) is 19.0. The number of rotatable bonds is 2. The Balaban J connectivity index is 1.51. The Morgan fingerprint density at radius 1 is 0.963 bits per heavy atom. The number of aryl methyl sites for hydroxylation is 1. The molecule has 0 aliphatic carbocycles. The number of nitrogens with one attached hydrogen (secondary N) is 1. The van der Waals surface area contributed by atoms with Crippen molar-refractivity contribution in [1.82, 2.24) is 9.88 Å². The Kier molecular flexibility index (Phi) is 4.56. The molecular weight excluding hydrogens is 348 g/mol. The lowest BCUT2D eigenvalue weighted by atomic mass is 10.1. The first-order chi connectivity index (χ1) is 13.0. The van der Waals surface area contributed by atoms with Gasteiger partial charge >= 0.3 is 0 Å². The molecule has 0 saturated carbocycles. The van der Waals surface area contributed by atoms with Crippen molar-refractivity contribution in [1.29, 1.82) is 0 Å². The standard InChI is InChI=1S/C21H21F2N3O/c1-14-11-16(23)12-19-18(14)13-20(24-19)21(27)26-8-2-7-25(9-10-26)17-5-3-15(22)4-6-17/h3-6,11-13,24H,2,7-10H2,1H3. The molecule has 0 bridgehead atoms. The summed E-state index contributed by atoms with van der Waals surface area (Å²) in [5.41, 5.74) is 2.88. The summed E-state index contributed by atoms with van der Waals surface area (Å²) in [5.74, 6) is -0.645. The number of H-pyrrole nitrogens is 1. The minimum Gasteiger partial charge on any atom is -0.370 e. The molecule has 1 saturated heterocycles. The summed E-state index contributed by atoms with van der Waals surface area (Å²) >= 11 is 0. The quantitative estimate of drug-likeness (QED) is 0.738. The number of anilines is 1. The smallest absolute Gasteiger partial charge is 0.270 e. The van der Waals surface area contributed by atoms with Gasteiger partial charge in [-0.05, 0) is 61.4 Å². The Labute approximate surface area is 156 Å². The van der Waals surface area contributed by atoms with Crippen molar-refractivity contribution < 1.29 is 13.6 Å². The van der Waals surface area contributed by atoms with Crippen LogP contribution < -0.4 is 4.90 Å². The molecular formula is C21H21F2N3O. The van der Waals surface area contributed by atoms with Gasteiger partial charge in [-0.15, -0.1) is 0 Å². The molecule has 1 aromatic heterocycles. The summed E-state index contributed by atoms with van der Waals surface area (Å²) in [6.07, 6.45) is 0.830. The monoisotopic (exact) mass is 369 g/mol. The number of carbonyl (C=O) groups is 1. The van der Waals surface area contributed by atoms with Crippen LogP contribution in [0.1, 0.15) is 22.5 Å². The Bertz CT molecular complexity index is 981. The van der Waals surface area contributed by atoms with Crippen molar-refractivity contribution in [2.75, 3.05) is 31.1 Å². The molecule has 3 aromatic rings. The number of benzene rings is 2. The van der Waals surface area contributed by atoms with E-state index in [1.54, 1.807) is 18.2 Å². The molecule has 140 valence electrons. The summed E-state index contributed by atoms with van der Waals surface area (Å²) in [7, 11) is 0. The molecule has 1 aliphatic rings. The Morgan fingerprint density at radius 3 is 2.52 bits per heavy atom.